The third kappa shape index (κ3) is 4.96. The molecule has 2 rings (SSSR count). The molecule has 1 saturated heterocycles. The molecule has 0 amide bonds. The number of piperidine rings is 1. The molecule has 0 spiro atoms. The second kappa shape index (κ2) is 7.87. The van der Waals surface area contributed by atoms with Gasteiger partial charge < -0.3 is 4.90 Å². The summed E-state index contributed by atoms with van der Waals surface area (Å²) < 4.78 is 62.8. The lowest BCUT2D eigenvalue weighted by Gasteiger charge is -2.33. The van der Waals surface area contributed by atoms with Crippen LogP contribution in [-0.2, 0) is 9.84 Å². The van der Waals surface area contributed by atoms with Crippen LogP contribution in [0.15, 0.2) is 35.2 Å². The number of hydrogen-bond donors (Lipinski definition) is 0. The highest BCUT2D eigenvalue weighted by atomic mass is 32.2. The molecule has 24 heavy (non-hydrogen) atoms. The van der Waals surface area contributed by atoms with Crippen LogP contribution >= 0.6 is 0 Å². The van der Waals surface area contributed by atoms with Crippen LogP contribution in [-0.4, -0.2) is 44.4 Å². The Kier molecular flexibility index (Phi) is 6.31. The maximum Gasteiger partial charge on any atom is 0.391 e. The molecule has 3 nitrogen and oxygen atoms in total. The first kappa shape index (κ1) is 19.2. The number of benzene rings is 1. The van der Waals surface area contributed by atoms with Crippen molar-refractivity contribution in [2.75, 3.05) is 19.6 Å². The molecule has 1 atom stereocenters. The fourth-order valence-corrected chi connectivity index (χ4v) is 4.56. The summed E-state index contributed by atoms with van der Waals surface area (Å²) in [5, 5.41) is -0.493. The van der Waals surface area contributed by atoms with Crippen molar-refractivity contribution in [2.24, 2.45) is 5.92 Å². The minimum Gasteiger partial charge on any atom is -0.303 e. The normalized spacial score (nSPS) is 19.3. The van der Waals surface area contributed by atoms with E-state index < -0.39 is 27.2 Å². The summed E-state index contributed by atoms with van der Waals surface area (Å²) in [6.07, 6.45) is -2.63. The predicted molar refractivity (Wildman–Crippen MR) is 87.5 cm³/mol. The number of halogens is 3. The van der Waals surface area contributed by atoms with Crippen LogP contribution in [0, 0.1) is 5.92 Å². The summed E-state index contributed by atoms with van der Waals surface area (Å²) in [5.41, 5.74) is 0. The number of likely N-dealkylation sites (tertiary alicyclic amines) is 1. The number of alkyl halides is 3. The Hall–Kier alpha value is -1.08. The van der Waals surface area contributed by atoms with Gasteiger partial charge in [0, 0.05) is 0 Å². The molecule has 1 aliphatic rings. The Labute approximate surface area is 141 Å². The molecule has 1 unspecified atom stereocenters. The number of nitrogens with zero attached hydrogens (tertiary/aromatic N) is 1. The average molecular weight is 363 g/mol. The topological polar surface area (TPSA) is 37.4 Å². The second-order valence-electron chi connectivity index (χ2n) is 6.47. The van der Waals surface area contributed by atoms with E-state index in [-0.39, 0.29) is 12.8 Å². The van der Waals surface area contributed by atoms with Gasteiger partial charge in [-0.25, -0.2) is 8.42 Å². The van der Waals surface area contributed by atoms with Crippen LogP contribution in [0.25, 0.3) is 0 Å². The average Bonchev–Trinajstić information content (AvgIpc) is 2.55. The SMILES string of the molecule is CC(CCCN1CCC(C(F)(F)F)CC1)S(=O)(=O)c1ccccc1. The highest BCUT2D eigenvalue weighted by molar-refractivity contribution is 7.92. The Morgan fingerprint density at radius 3 is 2.29 bits per heavy atom. The molecule has 0 aromatic heterocycles. The Balaban J connectivity index is 1.77. The first-order valence-corrected chi connectivity index (χ1v) is 9.84. The monoisotopic (exact) mass is 363 g/mol. The molecular formula is C17H24F3NO2S. The molecule has 1 fully saturated rings. The first-order chi connectivity index (χ1) is 11.2. The summed E-state index contributed by atoms with van der Waals surface area (Å²) in [6, 6.07) is 8.35. The largest absolute Gasteiger partial charge is 0.391 e. The lowest BCUT2D eigenvalue weighted by Crippen LogP contribution is -2.39. The van der Waals surface area contributed by atoms with E-state index in [9.17, 15) is 21.6 Å². The number of hydrogen-bond acceptors (Lipinski definition) is 3. The van der Waals surface area contributed by atoms with E-state index in [4.69, 9.17) is 0 Å². The van der Waals surface area contributed by atoms with Crippen molar-refractivity contribution < 1.29 is 21.6 Å². The molecule has 1 aromatic rings. The highest BCUT2D eigenvalue weighted by Gasteiger charge is 2.40. The van der Waals surface area contributed by atoms with Gasteiger partial charge in [0.15, 0.2) is 9.84 Å². The third-order valence-corrected chi connectivity index (χ3v) is 6.96. The Bertz CT molecular complexity index is 608. The van der Waals surface area contributed by atoms with E-state index in [1.54, 1.807) is 37.3 Å². The summed E-state index contributed by atoms with van der Waals surface area (Å²) in [7, 11) is -3.34. The van der Waals surface area contributed by atoms with Crippen LogP contribution < -0.4 is 0 Å². The minimum absolute atomic E-state index is 0.140. The summed E-state index contributed by atoms with van der Waals surface area (Å²) in [5.74, 6) is -1.19. The zero-order valence-electron chi connectivity index (χ0n) is 13.8. The van der Waals surface area contributed by atoms with Gasteiger partial charge in [0.25, 0.3) is 0 Å². The zero-order valence-corrected chi connectivity index (χ0v) is 14.6. The van der Waals surface area contributed by atoms with Crippen LogP contribution in [0.2, 0.25) is 0 Å². The number of rotatable bonds is 6. The first-order valence-electron chi connectivity index (χ1n) is 8.29. The number of sulfone groups is 1. The Morgan fingerprint density at radius 2 is 1.75 bits per heavy atom. The molecule has 0 aliphatic carbocycles. The van der Waals surface area contributed by atoms with Crippen molar-refractivity contribution in [1.82, 2.24) is 4.90 Å². The predicted octanol–water partition coefficient (Wildman–Crippen LogP) is 3.90. The molecule has 1 heterocycles. The summed E-state index contributed by atoms with van der Waals surface area (Å²) in [6.45, 7) is 3.21. The zero-order chi connectivity index (χ0) is 17.8. The molecule has 0 N–H and O–H groups in total. The molecule has 1 aliphatic heterocycles. The van der Waals surface area contributed by atoms with Crippen molar-refractivity contribution in [3.8, 4) is 0 Å². The molecule has 136 valence electrons. The molecule has 0 saturated carbocycles. The Morgan fingerprint density at radius 1 is 1.17 bits per heavy atom. The van der Waals surface area contributed by atoms with Crippen molar-refractivity contribution in [1.29, 1.82) is 0 Å². The lowest BCUT2D eigenvalue weighted by molar-refractivity contribution is -0.185. The molecule has 0 radical (unpaired) electrons. The molecule has 7 heteroatoms. The minimum atomic E-state index is -4.09. The van der Waals surface area contributed by atoms with Crippen molar-refractivity contribution in [2.45, 2.75) is 48.9 Å². The van der Waals surface area contributed by atoms with Crippen LogP contribution in [0.3, 0.4) is 0 Å². The molecular weight excluding hydrogens is 339 g/mol. The van der Waals surface area contributed by atoms with E-state index in [1.165, 1.54) is 0 Å². The van der Waals surface area contributed by atoms with E-state index in [0.717, 1.165) is 0 Å². The van der Waals surface area contributed by atoms with E-state index in [0.29, 0.717) is 37.4 Å². The van der Waals surface area contributed by atoms with Crippen molar-refractivity contribution in [3.05, 3.63) is 30.3 Å². The van der Waals surface area contributed by atoms with Crippen molar-refractivity contribution in [3.63, 3.8) is 0 Å². The molecule has 1 aromatic carbocycles. The fourth-order valence-electron chi connectivity index (χ4n) is 3.08. The van der Waals surface area contributed by atoms with Crippen LogP contribution in [0.5, 0.6) is 0 Å². The summed E-state index contributed by atoms with van der Waals surface area (Å²) >= 11 is 0. The van der Waals surface area contributed by atoms with Crippen molar-refractivity contribution >= 4 is 9.84 Å². The van der Waals surface area contributed by atoms with E-state index >= 15 is 0 Å². The third-order valence-electron chi connectivity index (χ3n) is 4.74. The standard InChI is InChI=1S/C17H24F3NO2S/c1-14(24(22,23)16-7-3-2-4-8-16)6-5-11-21-12-9-15(10-13-21)17(18,19)20/h2-4,7-8,14-15H,5-6,9-13H2,1H3. The van der Waals surface area contributed by atoms with Gasteiger partial charge in [-0.1, -0.05) is 18.2 Å². The maximum atomic E-state index is 12.6. The highest BCUT2D eigenvalue weighted by Crippen LogP contribution is 2.34. The van der Waals surface area contributed by atoms with Gasteiger partial charge in [-0.3, -0.25) is 0 Å². The van der Waals surface area contributed by atoms with Gasteiger partial charge in [-0.05, 0) is 64.4 Å². The van der Waals surface area contributed by atoms with Gasteiger partial charge in [0.05, 0.1) is 16.1 Å². The smallest absolute Gasteiger partial charge is 0.303 e. The lowest BCUT2D eigenvalue weighted by atomic mass is 9.96. The van der Waals surface area contributed by atoms with Crippen LogP contribution in [0.1, 0.15) is 32.6 Å². The molecule has 0 bridgehead atoms. The fraction of sp³-hybridized carbons (Fsp3) is 0.647. The van der Waals surface area contributed by atoms with Gasteiger partial charge >= 0.3 is 6.18 Å². The second-order valence-corrected chi connectivity index (χ2v) is 8.83. The summed E-state index contributed by atoms with van der Waals surface area (Å²) in [4.78, 5) is 2.33. The van der Waals surface area contributed by atoms with Gasteiger partial charge in [-0.15, -0.1) is 0 Å². The maximum absolute atomic E-state index is 12.6. The quantitative estimate of drug-likeness (QED) is 0.769. The van der Waals surface area contributed by atoms with E-state index in [1.807, 2.05) is 4.90 Å². The van der Waals surface area contributed by atoms with Gasteiger partial charge in [0.1, 0.15) is 0 Å². The van der Waals surface area contributed by atoms with Gasteiger partial charge in [0.2, 0.25) is 0 Å². The van der Waals surface area contributed by atoms with Gasteiger partial charge in [-0.2, -0.15) is 13.2 Å². The van der Waals surface area contributed by atoms with Crippen LogP contribution in [0.4, 0.5) is 13.2 Å². The van der Waals surface area contributed by atoms with E-state index in [2.05, 4.69) is 0 Å².